The van der Waals surface area contributed by atoms with E-state index in [0.717, 1.165) is 12.8 Å². The van der Waals surface area contributed by atoms with Crippen LogP contribution < -0.4 is 21.3 Å². The van der Waals surface area contributed by atoms with Gasteiger partial charge in [-0.1, -0.05) is 12.1 Å². The summed E-state index contributed by atoms with van der Waals surface area (Å²) in [5.41, 5.74) is 7.43. The molecule has 5 rings (SSSR count). The van der Waals surface area contributed by atoms with Crippen LogP contribution in [-0.4, -0.2) is 56.6 Å². The minimum atomic E-state index is -3.08. The molecule has 1 aromatic carbocycles. The van der Waals surface area contributed by atoms with E-state index in [2.05, 4.69) is 25.7 Å². The Hall–Kier alpha value is -4.09. The third kappa shape index (κ3) is 5.26. The molecule has 0 spiro atoms. The molecule has 0 unspecified atom stereocenters. The molecule has 1 aliphatic carbocycles. The highest BCUT2D eigenvalue weighted by Crippen LogP contribution is 2.40. The molecule has 2 aliphatic rings. The maximum absolute atomic E-state index is 14.7. The summed E-state index contributed by atoms with van der Waals surface area (Å²) in [6.45, 7) is -0.509. The summed E-state index contributed by atoms with van der Waals surface area (Å²) in [6, 6.07) is 6.47. The first-order chi connectivity index (χ1) is 17.2. The van der Waals surface area contributed by atoms with Gasteiger partial charge in [-0.25, -0.2) is 18.7 Å². The van der Waals surface area contributed by atoms with Gasteiger partial charge in [-0.05, 0) is 36.5 Å². The van der Waals surface area contributed by atoms with Gasteiger partial charge in [-0.2, -0.15) is 5.10 Å². The highest BCUT2D eigenvalue weighted by atomic mass is 19.3. The topological polar surface area (TPSA) is 131 Å². The van der Waals surface area contributed by atoms with Crippen LogP contribution in [0.3, 0.4) is 0 Å². The van der Waals surface area contributed by atoms with Crippen LogP contribution in [0.4, 0.5) is 26.1 Å². The van der Waals surface area contributed by atoms with E-state index in [1.165, 1.54) is 22.9 Å². The summed E-state index contributed by atoms with van der Waals surface area (Å²) >= 11 is 0. The third-order valence-electron chi connectivity index (χ3n) is 6.25. The van der Waals surface area contributed by atoms with Crippen molar-refractivity contribution in [3.63, 3.8) is 0 Å². The Morgan fingerprint density at radius 3 is 2.56 bits per heavy atom. The normalized spacial score (nSPS) is 19.1. The van der Waals surface area contributed by atoms with Gasteiger partial charge in [0.1, 0.15) is 5.82 Å². The first-order valence-corrected chi connectivity index (χ1v) is 11.6. The number of anilines is 3. The molecule has 4 N–H and O–H groups in total. The van der Waals surface area contributed by atoms with Crippen LogP contribution in [0.5, 0.6) is 0 Å². The summed E-state index contributed by atoms with van der Waals surface area (Å²) in [7, 11) is 1.72. The molecule has 2 fully saturated rings. The van der Waals surface area contributed by atoms with Gasteiger partial charge in [-0.15, -0.1) is 0 Å². The van der Waals surface area contributed by atoms with Crippen LogP contribution in [0.15, 0.2) is 42.9 Å². The van der Waals surface area contributed by atoms with Gasteiger partial charge in [-0.3, -0.25) is 14.3 Å². The molecule has 1 saturated heterocycles. The molecule has 10 nitrogen and oxygen atoms in total. The number of nitrogens with one attached hydrogen (secondary N) is 2. The molecule has 3 heterocycles. The molecule has 1 saturated carbocycles. The lowest BCUT2D eigenvalue weighted by Crippen LogP contribution is -2.55. The predicted molar refractivity (Wildman–Crippen MR) is 128 cm³/mol. The monoisotopic (exact) mass is 496 g/mol. The number of rotatable bonds is 7. The molecular formula is C24H26F2N8O2. The maximum Gasteiger partial charge on any atom is 0.271 e. The van der Waals surface area contributed by atoms with Gasteiger partial charge in [0.2, 0.25) is 0 Å². The number of piperidine rings is 1. The van der Waals surface area contributed by atoms with Gasteiger partial charge < -0.3 is 21.3 Å². The van der Waals surface area contributed by atoms with Crippen LogP contribution in [0, 0.1) is 0 Å². The Morgan fingerprint density at radius 2 is 1.92 bits per heavy atom. The van der Waals surface area contributed by atoms with Gasteiger partial charge in [0.25, 0.3) is 17.7 Å². The number of carbonyl (C=O) groups excluding carboxylic acids is 2. The predicted octanol–water partition coefficient (Wildman–Crippen LogP) is 2.57. The van der Waals surface area contributed by atoms with Crippen LogP contribution in [0.1, 0.15) is 51.6 Å². The number of carbonyl (C=O) groups is 2. The number of hydrogen-bond donors (Lipinski definition) is 3. The summed E-state index contributed by atoms with van der Waals surface area (Å²) in [5.74, 6) is -3.59. The van der Waals surface area contributed by atoms with E-state index < -0.39 is 36.7 Å². The van der Waals surface area contributed by atoms with E-state index in [-0.39, 0.29) is 23.9 Å². The fourth-order valence-electron chi connectivity index (χ4n) is 4.38. The summed E-state index contributed by atoms with van der Waals surface area (Å²) in [6.07, 6.45) is 6.20. The van der Waals surface area contributed by atoms with Crippen molar-refractivity contribution in [1.82, 2.24) is 25.1 Å². The van der Waals surface area contributed by atoms with Gasteiger partial charge >= 0.3 is 0 Å². The second-order valence-electron chi connectivity index (χ2n) is 9.32. The molecule has 3 aromatic rings. The number of nitrogens with zero attached hydrogens (tertiary/aromatic N) is 5. The first kappa shape index (κ1) is 23.6. The largest absolute Gasteiger partial charge is 0.364 e. The zero-order valence-corrected chi connectivity index (χ0v) is 19.6. The number of alkyl halides is 2. The van der Waals surface area contributed by atoms with Gasteiger partial charge in [0.05, 0.1) is 30.7 Å². The fraction of sp³-hybridized carbons (Fsp3) is 0.375. The van der Waals surface area contributed by atoms with Crippen molar-refractivity contribution < 1.29 is 18.4 Å². The van der Waals surface area contributed by atoms with Crippen molar-refractivity contribution in [1.29, 1.82) is 0 Å². The highest BCUT2D eigenvalue weighted by molar-refractivity contribution is 5.96. The van der Waals surface area contributed by atoms with Crippen molar-refractivity contribution in [3.05, 3.63) is 59.7 Å². The van der Waals surface area contributed by atoms with E-state index in [9.17, 15) is 18.4 Å². The SMILES string of the molecule is Cn1cc(Nc2nc(N3C[C@H](NC(=O)c4ccc(C5CC5)cc4)CC(F)(F)C3)cnc2C(N)=O)cn1. The molecule has 36 heavy (non-hydrogen) atoms. The van der Waals surface area contributed by atoms with Crippen molar-refractivity contribution in [2.75, 3.05) is 23.3 Å². The molecule has 1 atom stereocenters. The second kappa shape index (κ2) is 9.17. The molecule has 1 aliphatic heterocycles. The number of benzene rings is 1. The minimum absolute atomic E-state index is 0.0261. The van der Waals surface area contributed by atoms with E-state index in [1.807, 2.05) is 12.1 Å². The smallest absolute Gasteiger partial charge is 0.271 e. The lowest BCUT2D eigenvalue weighted by molar-refractivity contribution is -0.0208. The van der Waals surface area contributed by atoms with Crippen molar-refractivity contribution in [3.8, 4) is 0 Å². The summed E-state index contributed by atoms with van der Waals surface area (Å²) < 4.78 is 31.0. The molecule has 2 amide bonds. The molecule has 0 radical (unpaired) electrons. The van der Waals surface area contributed by atoms with E-state index in [0.29, 0.717) is 17.2 Å². The highest BCUT2D eigenvalue weighted by Gasteiger charge is 2.41. The van der Waals surface area contributed by atoms with E-state index in [1.54, 1.807) is 30.1 Å². The Morgan fingerprint density at radius 1 is 1.17 bits per heavy atom. The third-order valence-corrected chi connectivity index (χ3v) is 6.25. The Labute approximate surface area is 205 Å². The number of nitrogens with two attached hydrogens (primary N) is 1. The first-order valence-electron chi connectivity index (χ1n) is 11.6. The quantitative estimate of drug-likeness (QED) is 0.458. The number of halogens is 2. The summed E-state index contributed by atoms with van der Waals surface area (Å²) in [4.78, 5) is 34.4. The minimum Gasteiger partial charge on any atom is -0.364 e. The van der Waals surface area contributed by atoms with Gasteiger partial charge in [0.15, 0.2) is 11.5 Å². The lowest BCUT2D eigenvalue weighted by Gasteiger charge is -2.38. The molecule has 2 aromatic heterocycles. The molecular weight excluding hydrogens is 470 g/mol. The van der Waals surface area contributed by atoms with E-state index >= 15 is 0 Å². The maximum atomic E-state index is 14.7. The molecule has 0 bridgehead atoms. The Balaban J connectivity index is 1.34. The van der Waals surface area contributed by atoms with Crippen LogP contribution in [-0.2, 0) is 7.05 Å². The summed E-state index contributed by atoms with van der Waals surface area (Å²) in [5, 5.41) is 9.68. The standard InChI is InChI=1S/C24H26F2N8O2/c1-33-11-18(9-29-33)30-22-20(21(27)35)28-10-19(32-22)34-12-17(8-24(25,26)13-34)31-23(36)16-6-4-15(5-7-16)14-2-3-14/h4-7,9-11,14,17H,2-3,8,12-13H2,1H3,(H2,27,35)(H,30,32)(H,31,36)/t17-/m1/s1. The van der Waals surface area contributed by atoms with Crippen molar-refractivity contribution in [2.45, 2.75) is 37.1 Å². The number of amides is 2. The van der Waals surface area contributed by atoms with Crippen LogP contribution in [0.2, 0.25) is 0 Å². The average molecular weight is 497 g/mol. The zero-order chi connectivity index (χ0) is 25.4. The Bertz CT molecular complexity index is 1290. The zero-order valence-electron chi connectivity index (χ0n) is 19.6. The van der Waals surface area contributed by atoms with Gasteiger partial charge in [0, 0.05) is 31.8 Å². The second-order valence-corrected chi connectivity index (χ2v) is 9.32. The molecule has 188 valence electrons. The lowest BCUT2D eigenvalue weighted by atomic mass is 10.0. The number of aryl methyl sites for hydroxylation is 1. The Kier molecular flexibility index (Phi) is 6.02. The van der Waals surface area contributed by atoms with Crippen LogP contribution >= 0.6 is 0 Å². The number of aromatic nitrogens is 4. The number of hydrogen-bond acceptors (Lipinski definition) is 7. The number of primary amides is 1. The van der Waals surface area contributed by atoms with Crippen molar-refractivity contribution in [2.24, 2.45) is 12.8 Å². The van der Waals surface area contributed by atoms with Crippen molar-refractivity contribution >= 4 is 29.1 Å². The average Bonchev–Trinajstić information content (AvgIpc) is 3.60. The molecule has 12 heteroatoms. The van der Waals surface area contributed by atoms with Crippen LogP contribution in [0.25, 0.3) is 0 Å². The van der Waals surface area contributed by atoms with E-state index in [4.69, 9.17) is 5.73 Å². The fourth-order valence-corrected chi connectivity index (χ4v) is 4.38.